The van der Waals surface area contributed by atoms with Gasteiger partial charge in [-0.25, -0.2) is 0 Å². The summed E-state index contributed by atoms with van der Waals surface area (Å²) in [5.74, 6) is -2.80. The molecule has 0 radical (unpaired) electrons. The van der Waals surface area contributed by atoms with E-state index >= 15 is 0 Å². The first-order chi connectivity index (χ1) is 5.75. The van der Waals surface area contributed by atoms with Crippen LogP contribution in [0.2, 0.25) is 0 Å². The first kappa shape index (κ1) is 11.3. The molecule has 2 atom stereocenters. The second-order valence-corrected chi connectivity index (χ2v) is 2.05. The van der Waals surface area contributed by atoms with Crippen LogP contribution in [-0.2, 0) is 9.68 Å². The van der Waals surface area contributed by atoms with Gasteiger partial charge in [0.25, 0.3) is 22.3 Å². The minimum Gasteiger partial charge on any atom is -0.365 e. The van der Waals surface area contributed by atoms with Gasteiger partial charge in [-0.05, 0) is 6.92 Å². The smallest absolute Gasteiger partial charge is 0.297 e. The van der Waals surface area contributed by atoms with Gasteiger partial charge in [-0.1, -0.05) is 0 Å². The highest BCUT2D eigenvalue weighted by atomic mass is 17.0. The van der Waals surface area contributed by atoms with Crippen LogP contribution in [-0.4, -0.2) is 32.5 Å². The third kappa shape index (κ3) is 4.03. The van der Waals surface area contributed by atoms with Crippen molar-refractivity contribution in [1.29, 1.82) is 0 Å². The van der Waals surface area contributed by atoms with Crippen LogP contribution in [0.4, 0.5) is 0 Å². The van der Waals surface area contributed by atoms with Crippen LogP contribution < -0.4 is 0 Å². The average molecular weight is 198 g/mol. The summed E-state index contributed by atoms with van der Waals surface area (Å²) in [5, 5.41) is 34.0. The van der Waals surface area contributed by atoms with Crippen LogP contribution in [0.15, 0.2) is 0 Å². The van der Waals surface area contributed by atoms with Crippen molar-refractivity contribution in [2.45, 2.75) is 19.0 Å². The Morgan fingerprint density at radius 3 is 2.15 bits per heavy atom. The van der Waals surface area contributed by atoms with E-state index in [9.17, 15) is 20.2 Å². The zero-order valence-electron chi connectivity index (χ0n) is 6.32. The molecule has 0 aliphatic carbocycles. The predicted octanol–water partition coefficient (Wildman–Crippen LogP) is -1.57. The molecule has 0 spiro atoms. The van der Waals surface area contributed by atoms with Crippen LogP contribution in [0, 0.1) is 20.2 Å². The Morgan fingerprint density at radius 1 is 1.38 bits per heavy atom. The minimum absolute atomic E-state index is 0.629. The molecule has 0 saturated heterocycles. The molecule has 2 unspecified atom stereocenters. The minimum atomic E-state index is -2.80. The molecule has 13 heavy (non-hydrogen) atoms. The van der Waals surface area contributed by atoms with Crippen LogP contribution in [0.5, 0.6) is 0 Å². The number of hydrogen-bond donors (Lipinski definition) is 2. The van der Waals surface area contributed by atoms with E-state index in [0.717, 1.165) is 0 Å². The molecule has 0 fully saturated rings. The Hall–Kier alpha value is -1.68. The van der Waals surface area contributed by atoms with E-state index in [1.54, 1.807) is 0 Å². The highest BCUT2D eigenvalue weighted by Crippen LogP contribution is 2.12. The topological polar surface area (TPSA) is 145 Å². The van der Waals surface area contributed by atoms with Crippen LogP contribution in [0.1, 0.15) is 6.92 Å². The highest BCUT2D eigenvalue weighted by Gasteiger charge is 2.37. The lowest BCUT2D eigenvalue weighted by Gasteiger charge is -2.23. The maximum absolute atomic E-state index is 9.69. The summed E-state index contributed by atoms with van der Waals surface area (Å²) in [7, 11) is 0. The summed E-state index contributed by atoms with van der Waals surface area (Å²) in [5.41, 5.74) is 0. The molecule has 0 aromatic rings. The standard InChI is InChI=1S/C3H6N2O8/c1-3(7,13-5(10)11)2(6)12-4(8)9/h2,6-7H,1H3. The summed E-state index contributed by atoms with van der Waals surface area (Å²) in [6.07, 6.45) is -2.46. The number of hydrogen-bond acceptors (Lipinski definition) is 8. The van der Waals surface area contributed by atoms with E-state index in [1.807, 2.05) is 0 Å². The van der Waals surface area contributed by atoms with Gasteiger partial charge < -0.3 is 10.2 Å². The summed E-state index contributed by atoms with van der Waals surface area (Å²) in [6, 6.07) is 0. The second kappa shape index (κ2) is 3.82. The molecule has 0 heterocycles. The Bertz CT molecular complexity index is 213. The third-order valence-electron chi connectivity index (χ3n) is 0.903. The first-order valence-corrected chi connectivity index (χ1v) is 2.81. The number of nitrogens with zero attached hydrogens (tertiary/aromatic N) is 2. The monoisotopic (exact) mass is 198 g/mol. The number of aliphatic hydroxyl groups is 2. The van der Waals surface area contributed by atoms with Gasteiger partial charge in [0.05, 0.1) is 0 Å². The van der Waals surface area contributed by atoms with Gasteiger partial charge in [-0.3, -0.25) is 9.68 Å². The molecule has 0 aliphatic rings. The lowest BCUT2D eigenvalue weighted by Crippen LogP contribution is -2.45. The molecule has 0 amide bonds. The Kier molecular flexibility index (Phi) is 3.33. The lowest BCUT2D eigenvalue weighted by atomic mass is 10.3. The lowest BCUT2D eigenvalue weighted by molar-refractivity contribution is -0.831. The van der Waals surface area contributed by atoms with Crippen molar-refractivity contribution in [1.82, 2.24) is 0 Å². The summed E-state index contributed by atoms with van der Waals surface area (Å²) < 4.78 is 0. The fourth-order valence-electron chi connectivity index (χ4n) is 0.375. The molecular weight excluding hydrogens is 192 g/mol. The van der Waals surface area contributed by atoms with Gasteiger partial charge in [0.2, 0.25) is 0 Å². The molecule has 2 N–H and O–H groups in total. The van der Waals surface area contributed by atoms with Gasteiger partial charge in [0, 0.05) is 0 Å². The van der Waals surface area contributed by atoms with Crippen molar-refractivity contribution in [3.05, 3.63) is 20.2 Å². The van der Waals surface area contributed by atoms with Crippen LogP contribution >= 0.6 is 0 Å². The maximum atomic E-state index is 9.69. The van der Waals surface area contributed by atoms with Crippen molar-refractivity contribution in [2.24, 2.45) is 0 Å². The molecule has 0 bridgehead atoms. The fourth-order valence-corrected chi connectivity index (χ4v) is 0.375. The zero-order valence-corrected chi connectivity index (χ0v) is 6.32. The number of aliphatic hydroxyl groups excluding tert-OH is 1. The van der Waals surface area contributed by atoms with Gasteiger partial charge in [-0.2, -0.15) is 0 Å². The van der Waals surface area contributed by atoms with Gasteiger partial charge >= 0.3 is 0 Å². The van der Waals surface area contributed by atoms with E-state index in [2.05, 4.69) is 9.68 Å². The largest absolute Gasteiger partial charge is 0.365 e. The van der Waals surface area contributed by atoms with Crippen molar-refractivity contribution in [2.75, 3.05) is 0 Å². The molecule has 0 rings (SSSR count). The van der Waals surface area contributed by atoms with E-state index in [4.69, 9.17) is 10.2 Å². The molecular formula is C3H6N2O8. The Labute approximate surface area is 70.5 Å². The third-order valence-corrected chi connectivity index (χ3v) is 0.903. The molecule has 0 saturated carbocycles. The van der Waals surface area contributed by atoms with Crippen molar-refractivity contribution in [3.8, 4) is 0 Å². The normalized spacial score (nSPS) is 16.8. The predicted molar refractivity (Wildman–Crippen MR) is 32.8 cm³/mol. The van der Waals surface area contributed by atoms with Crippen LogP contribution in [0.3, 0.4) is 0 Å². The molecule has 10 nitrogen and oxygen atoms in total. The summed E-state index contributed by atoms with van der Waals surface area (Å²) in [6.45, 7) is 0.629. The molecule has 0 aromatic carbocycles. The SMILES string of the molecule is CC(O)(O[N+](=O)[O-])C(O)O[N+](=O)[O-]. The van der Waals surface area contributed by atoms with E-state index in [-0.39, 0.29) is 0 Å². The summed E-state index contributed by atoms with van der Waals surface area (Å²) >= 11 is 0. The van der Waals surface area contributed by atoms with Gasteiger partial charge in [-0.15, -0.1) is 20.2 Å². The average Bonchev–Trinajstić information content (AvgIpc) is 1.81. The molecule has 76 valence electrons. The van der Waals surface area contributed by atoms with Crippen molar-refractivity contribution >= 4 is 0 Å². The second-order valence-electron chi connectivity index (χ2n) is 2.05. The highest BCUT2D eigenvalue weighted by molar-refractivity contribution is 4.58. The summed E-state index contributed by atoms with van der Waals surface area (Å²) in [4.78, 5) is 26.2. The molecule has 0 aromatic heterocycles. The van der Waals surface area contributed by atoms with E-state index in [0.29, 0.717) is 6.92 Å². The zero-order chi connectivity index (χ0) is 10.6. The number of rotatable bonds is 5. The van der Waals surface area contributed by atoms with E-state index < -0.39 is 22.3 Å². The van der Waals surface area contributed by atoms with Crippen LogP contribution in [0.25, 0.3) is 0 Å². The van der Waals surface area contributed by atoms with Crippen molar-refractivity contribution in [3.63, 3.8) is 0 Å². The van der Waals surface area contributed by atoms with Crippen molar-refractivity contribution < 1.29 is 30.1 Å². The quantitative estimate of drug-likeness (QED) is 0.306. The van der Waals surface area contributed by atoms with Gasteiger partial charge in [0.15, 0.2) is 0 Å². The maximum Gasteiger partial charge on any atom is 0.297 e. The molecule has 10 heteroatoms. The molecule has 0 aliphatic heterocycles. The van der Waals surface area contributed by atoms with E-state index in [1.165, 1.54) is 0 Å². The van der Waals surface area contributed by atoms with Gasteiger partial charge in [0.1, 0.15) is 0 Å². The fraction of sp³-hybridized carbons (Fsp3) is 1.00. The Morgan fingerprint density at radius 2 is 1.85 bits per heavy atom. The first-order valence-electron chi connectivity index (χ1n) is 2.81. The Balaban J connectivity index is 4.25.